The van der Waals surface area contributed by atoms with E-state index in [2.05, 4.69) is 39.7 Å². The van der Waals surface area contributed by atoms with Crippen molar-refractivity contribution in [1.82, 2.24) is 20.1 Å². The van der Waals surface area contributed by atoms with Crippen molar-refractivity contribution in [2.45, 2.75) is 20.0 Å². The summed E-state index contributed by atoms with van der Waals surface area (Å²) in [5.41, 5.74) is 4.51. The lowest BCUT2D eigenvalue weighted by molar-refractivity contribution is 0.522. The first kappa shape index (κ1) is 13.6. The van der Waals surface area contributed by atoms with Crippen molar-refractivity contribution in [3.63, 3.8) is 0 Å². The van der Waals surface area contributed by atoms with Crippen molar-refractivity contribution < 1.29 is 4.42 Å². The minimum absolute atomic E-state index is 0.715. The molecular formula is C16H18N4O. The zero-order chi connectivity index (χ0) is 14.7. The molecule has 0 atom stereocenters. The minimum Gasteiger partial charge on any atom is -0.448 e. The molecule has 3 aromatic rings. The number of aromatic nitrogens is 3. The summed E-state index contributed by atoms with van der Waals surface area (Å²) in [5, 5.41) is 7.56. The molecule has 0 aliphatic rings. The second-order valence-electron chi connectivity index (χ2n) is 5.06. The molecule has 5 heteroatoms. The van der Waals surface area contributed by atoms with Crippen LogP contribution in [-0.2, 0) is 20.1 Å². The highest BCUT2D eigenvalue weighted by atomic mass is 16.3. The van der Waals surface area contributed by atoms with Gasteiger partial charge in [0, 0.05) is 31.9 Å². The Balaban J connectivity index is 1.58. The Labute approximate surface area is 123 Å². The van der Waals surface area contributed by atoms with Crippen molar-refractivity contribution in [2.75, 3.05) is 0 Å². The maximum Gasteiger partial charge on any atom is 0.181 e. The Kier molecular flexibility index (Phi) is 3.83. The van der Waals surface area contributed by atoms with Crippen LogP contribution < -0.4 is 5.32 Å². The van der Waals surface area contributed by atoms with E-state index in [1.165, 1.54) is 17.5 Å². The molecule has 0 radical (unpaired) electrons. The standard InChI is InChI=1S/C16H18N4O/c1-12-16(18-11-21-12)9-17-7-13-3-5-14(6-4-13)15-8-19-20(2)10-15/h3-6,8,10-11,17H,7,9H2,1-2H3. The topological polar surface area (TPSA) is 55.9 Å². The second kappa shape index (κ2) is 5.93. The summed E-state index contributed by atoms with van der Waals surface area (Å²) < 4.78 is 6.99. The van der Waals surface area contributed by atoms with Crippen molar-refractivity contribution >= 4 is 0 Å². The van der Waals surface area contributed by atoms with Gasteiger partial charge in [0.25, 0.3) is 0 Å². The van der Waals surface area contributed by atoms with Gasteiger partial charge in [-0.05, 0) is 18.1 Å². The molecular weight excluding hydrogens is 264 g/mol. The molecule has 0 aliphatic heterocycles. The maximum absolute atomic E-state index is 5.17. The Morgan fingerprint density at radius 3 is 2.57 bits per heavy atom. The predicted octanol–water partition coefficient (Wildman–Crippen LogP) is 2.67. The molecule has 2 heterocycles. The van der Waals surface area contributed by atoms with Gasteiger partial charge in [-0.1, -0.05) is 24.3 Å². The molecule has 0 fully saturated rings. The fraction of sp³-hybridized carbons (Fsp3) is 0.250. The van der Waals surface area contributed by atoms with Crippen molar-refractivity contribution in [2.24, 2.45) is 7.05 Å². The summed E-state index contributed by atoms with van der Waals surface area (Å²) in [4.78, 5) is 4.16. The van der Waals surface area contributed by atoms with Crippen molar-refractivity contribution in [3.05, 3.63) is 60.1 Å². The number of benzene rings is 1. The number of aryl methyl sites for hydroxylation is 2. The summed E-state index contributed by atoms with van der Waals surface area (Å²) in [6.45, 7) is 3.44. The molecule has 21 heavy (non-hydrogen) atoms. The first-order valence-electron chi connectivity index (χ1n) is 6.90. The van der Waals surface area contributed by atoms with Crippen LogP contribution in [0.5, 0.6) is 0 Å². The molecule has 5 nitrogen and oxygen atoms in total. The average molecular weight is 282 g/mol. The van der Waals surface area contributed by atoms with E-state index in [9.17, 15) is 0 Å². The fourth-order valence-corrected chi connectivity index (χ4v) is 2.21. The summed E-state index contributed by atoms with van der Waals surface area (Å²) >= 11 is 0. The lowest BCUT2D eigenvalue weighted by atomic mass is 10.1. The van der Waals surface area contributed by atoms with E-state index in [0.29, 0.717) is 6.54 Å². The van der Waals surface area contributed by atoms with Gasteiger partial charge in [-0.2, -0.15) is 5.10 Å². The first-order valence-corrected chi connectivity index (χ1v) is 6.90. The molecule has 1 N–H and O–H groups in total. The molecule has 0 aliphatic carbocycles. The smallest absolute Gasteiger partial charge is 0.181 e. The zero-order valence-corrected chi connectivity index (χ0v) is 12.2. The molecule has 0 saturated carbocycles. The molecule has 1 aromatic carbocycles. The largest absolute Gasteiger partial charge is 0.448 e. The third-order valence-electron chi connectivity index (χ3n) is 3.46. The van der Waals surface area contributed by atoms with Crippen LogP contribution in [0, 0.1) is 6.92 Å². The Morgan fingerprint density at radius 2 is 1.95 bits per heavy atom. The van der Waals surface area contributed by atoms with Crippen LogP contribution in [0.15, 0.2) is 47.5 Å². The lowest BCUT2D eigenvalue weighted by Crippen LogP contribution is -2.13. The minimum atomic E-state index is 0.715. The van der Waals surface area contributed by atoms with Gasteiger partial charge in [-0.25, -0.2) is 4.98 Å². The Bertz CT molecular complexity index is 712. The second-order valence-corrected chi connectivity index (χ2v) is 5.06. The Morgan fingerprint density at radius 1 is 1.14 bits per heavy atom. The van der Waals surface area contributed by atoms with Gasteiger partial charge in [0.2, 0.25) is 0 Å². The molecule has 0 spiro atoms. The van der Waals surface area contributed by atoms with E-state index in [1.54, 1.807) is 0 Å². The van der Waals surface area contributed by atoms with Crippen molar-refractivity contribution in [3.8, 4) is 11.1 Å². The highest BCUT2D eigenvalue weighted by Gasteiger charge is 2.03. The van der Waals surface area contributed by atoms with E-state index in [1.807, 2.05) is 31.0 Å². The SMILES string of the molecule is Cc1ocnc1CNCc1ccc(-c2cnn(C)c2)cc1. The van der Waals surface area contributed by atoms with Gasteiger partial charge in [-0.3, -0.25) is 4.68 Å². The van der Waals surface area contributed by atoms with Crippen molar-refractivity contribution in [1.29, 1.82) is 0 Å². The van der Waals surface area contributed by atoms with Gasteiger partial charge in [-0.15, -0.1) is 0 Å². The van der Waals surface area contributed by atoms with Crippen LogP contribution >= 0.6 is 0 Å². The normalized spacial score (nSPS) is 11.0. The van der Waals surface area contributed by atoms with Crippen LogP contribution in [0.3, 0.4) is 0 Å². The first-order chi connectivity index (χ1) is 10.2. The molecule has 0 unspecified atom stereocenters. The number of hydrogen-bond acceptors (Lipinski definition) is 4. The molecule has 0 saturated heterocycles. The summed E-state index contributed by atoms with van der Waals surface area (Å²) in [5.74, 6) is 0.870. The van der Waals surface area contributed by atoms with Gasteiger partial charge < -0.3 is 9.73 Å². The van der Waals surface area contributed by atoms with Gasteiger partial charge in [0.05, 0.1) is 11.9 Å². The van der Waals surface area contributed by atoms with E-state index in [4.69, 9.17) is 4.42 Å². The number of hydrogen-bond donors (Lipinski definition) is 1. The molecule has 2 aromatic heterocycles. The van der Waals surface area contributed by atoms with Gasteiger partial charge >= 0.3 is 0 Å². The van der Waals surface area contributed by atoms with E-state index in [0.717, 1.165) is 23.6 Å². The molecule has 108 valence electrons. The van der Waals surface area contributed by atoms with E-state index in [-0.39, 0.29) is 0 Å². The van der Waals surface area contributed by atoms with Crippen LogP contribution in [-0.4, -0.2) is 14.8 Å². The average Bonchev–Trinajstić information content (AvgIpc) is 3.09. The Hall–Kier alpha value is -2.40. The molecule has 0 bridgehead atoms. The summed E-state index contributed by atoms with van der Waals surface area (Å²) in [6.07, 6.45) is 5.37. The van der Waals surface area contributed by atoms with Crippen LogP contribution in [0.25, 0.3) is 11.1 Å². The zero-order valence-electron chi connectivity index (χ0n) is 12.2. The monoisotopic (exact) mass is 282 g/mol. The quantitative estimate of drug-likeness (QED) is 0.781. The molecule has 3 rings (SSSR count). The third kappa shape index (κ3) is 3.20. The van der Waals surface area contributed by atoms with E-state index < -0.39 is 0 Å². The maximum atomic E-state index is 5.17. The van der Waals surface area contributed by atoms with Crippen LogP contribution in [0.4, 0.5) is 0 Å². The number of oxazole rings is 1. The molecule has 0 amide bonds. The highest BCUT2D eigenvalue weighted by Crippen LogP contribution is 2.18. The highest BCUT2D eigenvalue weighted by molar-refractivity contribution is 5.61. The fourth-order valence-electron chi connectivity index (χ4n) is 2.21. The number of rotatable bonds is 5. The summed E-state index contributed by atoms with van der Waals surface area (Å²) in [7, 11) is 1.92. The van der Waals surface area contributed by atoms with Gasteiger partial charge in [0.1, 0.15) is 5.76 Å². The predicted molar refractivity (Wildman–Crippen MR) is 80.4 cm³/mol. The van der Waals surface area contributed by atoms with Crippen LogP contribution in [0.1, 0.15) is 17.0 Å². The van der Waals surface area contributed by atoms with Crippen LogP contribution in [0.2, 0.25) is 0 Å². The lowest BCUT2D eigenvalue weighted by Gasteiger charge is -2.05. The third-order valence-corrected chi connectivity index (χ3v) is 3.46. The number of nitrogens with one attached hydrogen (secondary N) is 1. The number of nitrogens with zero attached hydrogens (tertiary/aromatic N) is 3. The van der Waals surface area contributed by atoms with E-state index >= 15 is 0 Å². The summed E-state index contributed by atoms with van der Waals surface area (Å²) in [6, 6.07) is 8.50. The van der Waals surface area contributed by atoms with Gasteiger partial charge in [0.15, 0.2) is 6.39 Å².